The molecule has 3 heteroatoms. The van der Waals surface area contributed by atoms with Crippen LogP contribution in [-0.2, 0) is 4.74 Å². The van der Waals surface area contributed by atoms with E-state index in [4.69, 9.17) is 10.00 Å². The van der Waals surface area contributed by atoms with E-state index in [0.717, 1.165) is 30.8 Å². The predicted molar refractivity (Wildman–Crippen MR) is 68.1 cm³/mol. The van der Waals surface area contributed by atoms with Crippen LogP contribution in [0.2, 0.25) is 0 Å². The molecule has 1 heterocycles. The zero-order valence-electron chi connectivity index (χ0n) is 10.7. The topological polar surface area (TPSA) is 36.3 Å². The summed E-state index contributed by atoms with van der Waals surface area (Å²) in [5.41, 5.74) is 2.99. The van der Waals surface area contributed by atoms with E-state index in [-0.39, 0.29) is 5.60 Å². The highest BCUT2D eigenvalue weighted by Crippen LogP contribution is 2.26. The molecule has 0 atom stereocenters. The summed E-state index contributed by atoms with van der Waals surface area (Å²) in [6, 6.07) is 8.03. The van der Waals surface area contributed by atoms with Crippen molar-refractivity contribution in [3.63, 3.8) is 0 Å². The Balaban J connectivity index is 2.26. The van der Waals surface area contributed by atoms with E-state index in [1.165, 1.54) is 5.69 Å². The molecule has 0 N–H and O–H groups in total. The minimum Gasteiger partial charge on any atom is -0.372 e. The quantitative estimate of drug-likeness (QED) is 0.743. The Kier molecular flexibility index (Phi) is 3.08. The number of hydrogen-bond donors (Lipinski definition) is 0. The molecule has 1 aliphatic rings. The Morgan fingerprint density at radius 3 is 2.76 bits per heavy atom. The fourth-order valence-electron chi connectivity index (χ4n) is 2.30. The van der Waals surface area contributed by atoms with Gasteiger partial charge in [-0.2, -0.15) is 5.26 Å². The minimum absolute atomic E-state index is 0.0986. The fourth-order valence-corrected chi connectivity index (χ4v) is 2.30. The molecule has 0 saturated carbocycles. The first-order valence-electron chi connectivity index (χ1n) is 5.91. The van der Waals surface area contributed by atoms with Gasteiger partial charge in [0.2, 0.25) is 0 Å². The van der Waals surface area contributed by atoms with Gasteiger partial charge in [0.15, 0.2) is 0 Å². The highest BCUT2D eigenvalue weighted by Gasteiger charge is 2.27. The Morgan fingerprint density at radius 2 is 2.18 bits per heavy atom. The molecule has 17 heavy (non-hydrogen) atoms. The van der Waals surface area contributed by atoms with Crippen LogP contribution in [0.25, 0.3) is 0 Å². The van der Waals surface area contributed by atoms with Crippen LogP contribution < -0.4 is 4.90 Å². The minimum atomic E-state index is -0.0986. The number of nitrogens with zero attached hydrogens (tertiary/aromatic N) is 2. The van der Waals surface area contributed by atoms with Crippen molar-refractivity contribution in [2.45, 2.75) is 26.4 Å². The monoisotopic (exact) mass is 230 g/mol. The average molecular weight is 230 g/mol. The largest absolute Gasteiger partial charge is 0.372 e. The SMILES string of the molecule is Cc1cc(C#N)ccc1N1CCOC(C)(C)C1. The molecule has 0 unspecified atom stereocenters. The van der Waals surface area contributed by atoms with Gasteiger partial charge in [-0.25, -0.2) is 0 Å². The predicted octanol–water partition coefficient (Wildman–Crippen LogP) is 2.48. The lowest BCUT2D eigenvalue weighted by molar-refractivity contribution is -0.0277. The lowest BCUT2D eigenvalue weighted by atomic mass is 10.0. The summed E-state index contributed by atoms with van der Waals surface area (Å²) < 4.78 is 5.71. The molecule has 0 bridgehead atoms. The number of nitriles is 1. The molecule has 1 aliphatic heterocycles. The molecular formula is C14H18N2O. The molecule has 1 fully saturated rings. The van der Waals surface area contributed by atoms with Gasteiger partial charge in [0.05, 0.1) is 23.8 Å². The Labute approximate surface area is 103 Å². The van der Waals surface area contributed by atoms with Gasteiger partial charge in [0, 0.05) is 18.8 Å². The molecule has 3 nitrogen and oxygen atoms in total. The normalized spacial score (nSPS) is 18.8. The van der Waals surface area contributed by atoms with Crippen LogP contribution in [0.1, 0.15) is 25.0 Å². The third-order valence-electron chi connectivity index (χ3n) is 3.09. The van der Waals surface area contributed by atoms with E-state index < -0.39 is 0 Å². The van der Waals surface area contributed by atoms with Gasteiger partial charge in [-0.1, -0.05) is 0 Å². The Morgan fingerprint density at radius 1 is 1.41 bits per heavy atom. The molecular weight excluding hydrogens is 212 g/mol. The second-order valence-corrected chi connectivity index (χ2v) is 5.14. The standard InChI is InChI=1S/C14H18N2O/c1-11-8-12(9-15)4-5-13(11)16-6-7-17-14(2,3)10-16/h4-5,8H,6-7,10H2,1-3H3. The maximum absolute atomic E-state index is 8.86. The highest BCUT2D eigenvalue weighted by molar-refractivity contribution is 5.56. The molecule has 0 aromatic heterocycles. The van der Waals surface area contributed by atoms with Crippen molar-refractivity contribution in [2.75, 3.05) is 24.6 Å². The summed E-state index contributed by atoms with van der Waals surface area (Å²) >= 11 is 0. The number of rotatable bonds is 1. The van der Waals surface area contributed by atoms with Gasteiger partial charge < -0.3 is 9.64 Å². The van der Waals surface area contributed by atoms with E-state index in [0.29, 0.717) is 0 Å². The van der Waals surface area contributed by atoms with Gasteiger partial charge in [0.25, 0.3) is 0 Å². The maximum Gasteiger partial charge on any atom is 0.0991 e. The average Bonchev–Trinajstić information content (AvgIpc) is 2.27. The van der Waals surface area contributed by atoms with Crippen molar-refractivity contribution in [1.82, 2.24) is 0 Å². The molecule has 2 rings (SSSR count). The molecule has 1 aromatic carbocycles. The van der Waals surface area contributed by atoms with Crippen molar-refractivity contribution in [3.05, 3.63) is 29.3 Å². The zero-order valence-corrected chi connectivity index (χ0v) is 10.7. The number of hydrogen-bond acceptors (Lipinski definition) is 3. The number of aryl methyl sites for hydroxylation is 1. The molecule has 1 aromatic rings. The molecule has 1 saturated heterocycles. The van der Waals surface area contributed by atoms with Gasteiger partial charge in [0.1, 0.15) is 0 Å². The maximum atomic E-state index is 8.86. The van der Waals surface area contributed by atoms with Crippen LogP contribution in [0.4, 0.5) is 5.69 Å². The molecule has 0 aliphatic carbocycles. The van der Waals surface area contributed by atoms with Gasteiger partial charge in [-0.15, -0.1) is 0 Å². The third kappa shape index (κ3) is 2.59. The van der Waals surface area contributed by atoms with Gasteiger partial charge in [-0.3, -0.25) is 0 Å². The van der Waals surface area contributed by atoms with E-state index in [9.17, 15) is 0 Å². The van der Waals surface area contributed by atoms with Gasteiger partial charge in [-0.05, 0) is 44.5 Å². The van der Waals surface area contributed by atoms with Crippen molar-refractivity contribution in [1.29, 1.82) is 5.26 Å². The van der Waals surface area contributed by atoms with Crippen LogP contribution in [0, 0.1) is 18.3 Å². The first-order valence-corrected chi connectivity index (χ1v) is 5.91. The summed E-state index contributed by atoms with van der Waals surface area (Å²) in [5.74, 6) is 0. The lowest BCUT2D eigenvalue weighted by Gasteiger charge is -2.40. The number of anilines is 1. The summed E-state index contributed by atoms with van der Waals surface area (Å²) in [5, 5.41) is 8.86. The van der Waals surface area contributed by atoms with E-state index in [1.807, 2.05) is 18.2 Å². The van der Waals surface area contributed by atoms with Crippen LogP contribution in [-0.4, -0.2) is 25.3 Å². The molecule has 0 spiro atoms. The zero-order chi connectivity index (χ0) is 12.5. The third-order valence-corrected chi connectivity index (χ3v) is 3.09. The number of morpholine rings is 1. The molecule has 0 amide bonds. The van der Waals surface area contributed by atoms with E-state index in [1.54, 1.807) is 0 Å². The van der Waals surface area contributed by atoms with Crippen LogP contribution in [0.15, 0.2) is 18.2 Å². The van der Waals surface area contributed by atoms with Crippen LogP contribution >= 0.6 is 0 Å². The molecule has 0 radical (unpaired) electrons. The van der Waals surface area contributed by atoms with Crippen molar-refractivity contribution in [2.24, 2.45) is 0 Å². The lowest BCUT2D eigenvalue weighted by Crippen LogP contribution is -2.48. The number of benzene rings is 1. The van der Waals surface area contributed by atoms with Crippen molar-refractivity contribution < 1.29 is 4.74 Å². The second-order valence-electron chi connectivity index (χ2n) is 5.14. The summed E-state index contributed by atoms with van der Waals surface area (Å²) in [6.07, 6.45) is 0. The Bertz CT molecular complexity index is 460. The van der Waals surface area contributed by atoms with Crippen LogP contribution in [0.3, 0.4) is 0 Å². The second kappa shape index (κ2) is 4.38. The van der Waals surface area contributed by atoms with Crippen molar-refractivity contribution in [3.8, 4) is 6.07 Å². The first-order chi connectivity index (χ1) is 8.02. The smallest absolute Gasteiger partial charge is 0.0991 e. The summed E-state index contributed by atoms with van der Waals surface area (Å²) in [7, 11) is 0. The van der Waals surface area contributed by atoms with E-state index >= 15 is 0 Å². The first kappa shape index (κ1) is 11.9. The highest BCUT2D eigenvalue weighted by atomic mass is 16.5. The fraction of sp³-hybridized carbons (Fsp3) is 0.500. The van der Waals surface area contributed by atoms with Crippen molar-refractivity contribution >= 4 is 5.69 Å². The van der Waals surface area contributed by atoms with Crippen LogP contribution in [0.5, 0.6) is 0 Å². The number of ether oxygens (including phenoxy) is 1. The van der Waals surface area contributed by atoms with Gasteiger partial charge >= 0.3 is 0 Å². The summed E-state index contributed by atoms with van der Waals surface area (Å²) in [4.78, 5) is 2.33. The van der Waals surface area contributed by atoms with E-state index in [2.05, 4.69) is 31.7 Å². The Hall–Kier alpha value is -1.53. The molecule has 90 valence electrons. The summed E-state index contributed by atoms with van der Waals surface area (Å²) in [6.45, 7) is 8.83.